The fourth-order valence-electron chi connectivity index (χ4n) is 1.78. The summed E-state index contributed by atoms with van der Waals surface area (Å²) in [5.74, 6) is 0. The number of rotatable bonds is 5. The van der Waals surface area contributed by atoms with Crippen molar-refractivity contribution in [2.45, 2.75) is 39.8 Å². The van der Waals surface area contributed by atoms with Gasteiger partial charge in [0.25, 0.3) is 0 Å². The van der Waals surface area contributed by atoms with Crippen LogP contribution in [0.1, 0.15) is 31.9 Å². The van der Waals surface area contributed by atoms with E-state index in [1.165, 1.54) is 11.1 Å². The average molecular weight is 221 g/mol. The Balaban J connectivity index is 2.60. The Kier molecular flexibility index (Phi) is 4.51. The maximum atomic E-state index is 9.80. The van der Waals surface area contributed by atoms with Crippen molar-refractivity contribution >= 4 is 0 Å². The van der Waals surface area contributed by atoms with Crippen molar-refractivity contribution in [2.75, 3.05) is 13.1 Å². The lowest BCUT2D eigenvalue weighted by atomic mass is 10.1. The highest BCUT2D eigenvalue weighted by Gasteiger charge is 2.17. The molecular weight excluding hydrogens is 198 g/mol. The monoisotopic (exact) mass is 221 g/mol. The first-order valence-corrected chi connectivity index (χ1v) is 5.91. The standard InChI is InChI=1S/C14H23NO/c1-5-15(11-14(3,4)16)10-13-8-6-12(2)7-9-13/h6-9,16H,5,10-11H2,1-4H3. The average Bonchev–Trinajstić information content (AvgIpc) is 2.18. The molecule has 1 rings (SSSR count). The van der Waals surface area contributed by atoms with Crippen LogP contribution in [0.5, 0.6) is 0 Å². The Bertz CT molecular complexity index is 311. The molecule has 2 heteroatoms. The van der Waals surface area contributed by atoms with Gasteiger partial charge in [-0.15, -0.1) is 0 Å². The third-order valence-corrected chi connectivity index (χ3v) is 2.58. The van der Waals surface area contributed by atoms with E-state index in [0.29, 0.717) is 6.54 Å². The molecule has 1 aromatic carbocycles. The van der Waals surface area contributed by atoms with Crippen molar-refractivity contribution in [1.29, 1.82) is 0 Å². The summed E-state index contributed by atoms with van der Waals surface area (Å²) in [6.45, 7) is 10.5. The molecule has 0 radical (unpaired) electrons. The van der Waals surface area contributed by atoms with Crippen LogP contribution in [0.3, 0.4) is 0 Å². The first kappa shape index (κ1) is 13.2. The SMILES string of the molecule is CCN(Cc1ccc(C)cc1)CC(C)(C)O. The zero-order valence-corrected chi connectivity index (χ0v) is 10.8. The third-order valence-electron chi connectivity index (χ3n) is 2.58. The highest BCUT2D eigenvalue weighted by Crippen LogP contribution is 2.10. The van der Waals surface area contributed by atoms with Crippen LogP contribution in [-0.2, 0) is 6.54 Å². The molecular formula is C14H23NO. The topological polar surface area (TPSA) is 23.5 Å². The summed E-state index contributed by atoms with van der Waals surface area (Å²) in [4.78, 5) is 2.25. The predicted octanol–water partition coefficient (Wildman–Crippen LogP) is 2.59. The Morgan fingerprint density at radius 1 is 1.19 bits per heavy atom. The van der Waals surface area contributed by atoms with Crippen LogP contribution >= 0.6 is 0 Å². The summed E-state index contributed by atoms with van der Waals surface area (Å²) in [6.07, 6.45) is 0. The van der Waals surface area contributed by atoms with Gasteiger partial charge in [0.05, 0.1) is 5.60 Å². The Labute approximate surface area is 98.9 Å². The molecule has 1 aromatic rings. The molecule has 0 heterocycles. The van der Waals surface area contributed by atoms with Crippen LogP contribution < -0.4 is 0 Å². The van der Waals surface area contributed by atoms with Crippen LogP contribution in [0.4, 0.5) is 0 Å². The number of aliphatic hydroxyl groups is 1. The maximum Gasteiger partial charge on any atom is 0.0718 e. The van der Waals surface area contributed by atoms with E-state index in [1.54, 1.807) is 0 Å². The number of aryl methyl sites for hydroxylation is 1. The lowest BCUT2D eigenvalue weighted by Crippen LogP contribution is -2.38. The van der Waals surface area contributed by atoms with Crippen LogP contribution in [0, 0.1) is 6.92 Å². The van der Waals surface area contributed by atoms with Crippen molar-refractivity contribution in [3.8, 4) is 0 Å². The van der Waals surface area contributed by atoms with Gasteiger partial charge in [0.15, 0.2) is 0 Å². The Hall–Kier alpha value is -0.860. The lowest BCUT2D eigenvalue weighted by molar-refractivity contribution is 0.0353. The highest BCUT2D eigenvalue weighted by atomic mass is 16.3. The summed E-state index contributed by atoms with van der Waals surface area (Å²) in [7, 11) is 0. The molecule has 0 aliphatic carbocycles. The molecule has 0 unspecified atom stereocenters. The molecule has 1 N–H and O–H groups in total. The normalized spacial score (nSPS) is 12.1. The van der Waals surface area contributed by atoms with Gasteiger partial charge in [0.2, 0.25) is 0 Å². The van der Waals surface area contributed by atoms with E-state index in [9.17, 15) is 5.11 Å². The minimum absolute atomic E-state index is 0.624. The molecule has 0 atom stereocenters. The van der Waals surface area contributed by atoms with Gasteiger partial charge in [-0.25, -0.2) is 0 Å². The van der Waals surface area contributed by atoms with Gasteiger partial charge in [-0.1, -0.05) is 36.8 Å². The largest absolute Gasteiger partial charge is 0.389 e. The van der Waals surface area contributed by atoms with Crippen LogP contribution in [0.25, 0.3) is 0 Å². The van der Waals surface area contributed by atoms with Crippen molar-refractivity contribution in [2.24, 2.45) is 0 Å². The number of likely N-dealkylation sites (N-methyl/N-ethyl adjacent to an activating group) is 1. The first-order valence-electron chi connectivity index (χ1n) is 5.91. The number of hydrogen-bond acceptors (Lipinski definition) is 2. The van der Waals surface area contributed by atoms with Crippen LogP contribution in [0.15, 0.2) is 24.3 Å². The molecule has 16 heavy (non-hydrogen) atoms. The van der Waals surface area contributed by atoms with E-state index in [4.69, 9.17) is 0 Å². The van der Waals surface area contributed by atoms with E-state index < -0.39 is 5.60 Å². The second kappa shape index (κ2) is 5.46. The molecule has 2 nitrogen and oxygen atoms in total. The van der Waals surface area contributed by atoms with Gasteiger partial charge in [0.1, 0.15) is 0 Å². The van der Waals surface area contributed by atoms with Crippen molar-refractivity contribution in [1.82, 2.24) is 4.90 Å². The summed E-state index contributed by atoms with van der Waals surface area (Å²) in [5.41, 5.74) is 1.96. The molecule has 0 aliphatic heterocycles. The third kappa shape index (κ3) is 4.77. The fraction of sp³-hybridized carbons (Fsp3) is 0.571. The maximum absolute atomic E-state index is 9.80. The molecule has 0 saturated heterocycles. The van der Waals surface area contributed by atoms with Gasteiger partial charge in [0, 0.05) is 13.1 Å². The lowest BCUT2D eigenvalue weighted by Gasteiger charge is -2.28. The van der Waals surface area contributed by atoms with E-state index in [1.807, 2.05) is 13.8 Å². The second-order valence-electron chi connectivity index (χ2n) is 5.10. The predicted molar refractivity (Wildman–Crippen MR) is 68.4 cm³/mol. The molecule has 0 aromatic heterocycles. The minimum Gasteiger partial charge on any atom is -0.389 e. The summed E-state index contributed by atoms with van der Waals surface area (Å²) >= 11 is 0. The number of benzene rings is 1. The summed E-state index contributed by atoms with van der Waals surface area (Å²) in [6, 6.07) is 8.57. The molecule has 0 saturated carbocycles. The minimum atomic E-state index is -0.624. The Morgan fingerprint density at radius 2 is 1.75 bits per heavy atom. The van der Waals surface area contributed by atoms with E-state index in [-0.39, 0.29) is 0 Å². The molecule has 0 amide bonds. The zero-order chi connectivity index (χ0) is 12.2. The van der Waals surface area contributed by atoms with Crippen molar-refractivity contribution < 1.29 is 5.11 Å². The fourth-order valence-corrected chi connectivity index (χ4v) is 1.78. The number of nitrogens with zero attached hydrogens (tertiary/aromatic N) is 1. The summed E-state index contributed by atoms with van der Waals surface area (Å²) < 4.78 is 0. The zero-order valence-electron chi connectivity index (χ0n) is 10.8. The first-order chi connectivity index (χ1) is 7.40. The number of hydrogen-bond donors (Lipinski definition) is 1. The van der Waals surface area contributed by atoms with E-state index >= 15 is 0 Å². The quantitative estimate of drug-likeness (QED) is 0.826. The highest BCUT2D eigenvalue weighted by molar-refractivity contribution is 5.21. The van der Waals surface area contributed by atoms with Crippen molar-refractivity contribution in [3.63, 3.8) is 0 Å². The smallest absolute Gasteiger partial charge is 0.0718 e. The molecule has 0 fully saturated rings. The van der Waals surface area contributed by atoms with Gasteiger partial charge in [-0.3, -0.25) is 4.90 Å². The molecule has 90 valence electrons. The van der Waals surface area contributed by atoms with Gasteiger partial charge in [-0.05, 0) is 32.9 Å². The Morgan fingerprint density at radius 3 is 2.19 bits per heavy atom. The summed E-state index contributed by atoms with van der Waals surface area (Å²) in [5, 5.41) is 9.80. The van der Waals surface area contributed by atoms with Crippen LogP contribution in [-0.4, -0.2) is 28.7 Å². The van der Waals surface area contributed by atoms with Gasteiger partial charge >= 0.3 is 0 Å². The molecule has 0 bridgehead atoms. The molecule has 0 aliphatic rings. The van der Waals surface area contributed by atoms with Crippen molar-refractivity contribution in [3.05, 3.63) is 35.4 Å². The van der Waals surface area contributed by atoms with E-state index in [2.05, 4.69) is 43.0 Å². The molecule has 0 spiro atoms. The van der Waals surface area contributed by atoms with E-state index in [0.717, 1.165) is 13.1 Å². The van der Waals surface area contributed by atoms with Crippen LogP contribution in [0.2, 0.25) is 0 Å². The van der Waals surface area contributed by atoms with Gasteiger partial charge in [-0.2, -0.15) is 0 Å². The van der Waals surface area contributed by atoms with Gasteiger partial charge < -0.3 is 5.11 Å². The second-order valence-corrected chi connectivity index (χ2v) is 5.10.